The van der Waals surface area contributed by atoms with Gasteiger partial charge in [0.05, 0.1) is 17.2 Å². The molecule has 0 N–H and O–H groups in total. The van der Waals surface area contributed by atoms with Crippen LogP contribution in [-0.4, -0.2) is 18.7 Å². The fraction of sp³-hybridized carbons (Fsp3) is 0.692. The second-order valence-electron chi connectivity index (χ2n) is 9.34. The fourth-order valence-electron chi connectivity index (χ4n) is 3.35. The molecule has 0 bridgehead atoms. The van der Waals surface area contributed by atoms with E-state index in [1.165, 1.54) is 57.8 Å². The number of unbranched alkanes of at least 4 members (excludes halogenated alkanes) is 11. The average Bonchev–Trinajstić information content (AvgIpc) is 2.76. The predicted molar refractivity (Wildman–Crippen MR) is 125 cm³/mol. The molecule has 0 aliphatic carbocycles. The number of hydrogen-bond acceptors (Lipinski definition) is 6. The van der Waals surface area contributed by atoms with Crippen LogP contribution in [0.4, 0.5) is 4.79 Å². The first-order chi connectivity index (χ1) is 15.3. The van der Waals surface area contributed by atoms with Crippen LogP contribution in [0.2, 0.25) is 0 Å². The molecule has 0 radical (unpaired) electrons. The molecule has 0 heterocycles. The van der Waals surface area contributed by atoms with E-state index in [-0.39, 0.29) is 12.0 Å². The van der Waals surface area contributed by atoms with E-state index in [1.807, 2.05) is 12.1 Å². The van der Waals surface area contributed by atoms with Crippen molar-refractivity contribution in [1.29, 1.82) is 0 Å². The highest BCUT2D eigenvalue weighted by Gasteiger charge is 2.16. The predicted octanol–water partition coefficient (Wildman–Crippen LogP) is 7.84. The topological polar surface area (TPSA) is 71.1 Å². The molecule has 0 saturated heterocycles. The molecule has 6 heteroatoms. The van der Waals surface area contributed by atoms with Crippen LogP contribution in [-0.2, 0) is 25.0 Å². The Morgan fingerprint density at radius 2 is 1.22 bits per heavy atom. The second-order valence-corrected chi connectivity index (χ2v) is 9.34. The summed E-state index contributed by atoms with van der Waals surface area (Å²) in [6.07, 6.45) is 13.8. The smallest absolute Gasteiger partial charge is 0.432 e. The highest BCUT2D eigenvalue weighted by molar-refractivity contribution is 5.88. The summed E-state index contributed by atoms with van der Waals surface area (Å²) >= 11 is 0. The Hall–Kier alpha value is -2.08. The molecule has 0 aliphatic heterocycles. The van der Waals surface area contributed by atoms with Crippen LogP contribution in [0.15, 0.2) is 24.3 Å². The van der Waals surface area contributed by atoms with Crippen molar-refractivity contribution in [3.63, 3.8) is 0 Å². The van der Waals surface area contributed by atoms with Crippen LogP contribution in [0.1, 0.15) is 121 Å². The summed E-state index contributed by atoms with van der Waals surface area (Å²) < 4.78 is 4.90. The standard InChI is InChI=1S/C26H42O6/c1-5-6-7-8-9-10-11-12-13-14-15-16-21-29-25(28)31-32-30-24(27)22-17-19-23(20-18-22)26(2,3)4/h17-20H,5-16,21H2,1-4H3. The van der Waals surface area contributed by atoms with Gasteiger partial charge in [-0.2, -0.15) is 0 Å². The van der Waals surface area contributed by atoms with E-state index in [0.717, 1.165) is 24.8 Å². The summed E-state index contributed by atoms with van der Waals surface area (Å²) in [5.41, 5.74) is 1.37. The van der Waals surface area contributed by atoms with Gasteiger partial charge in [0.25, 0.3) is 0 Å². The molecule has 0 spiro atoms. The summed E-state index contributed by atoms with van der Waals surface area (Å²) in [7, 11) is 0. The van der Waals surface area contributed by atoms with Crippen molar-refractivity contribution in [3.8, 4) is 0 Å². The number of carbonyl (C=O) groups excluding carboxylic acids is 2. The maximum absolute atomic E-state index is 11.9. The van der Waals surface area contributed by atoms with E-state index < -0.39 is 12.1 Å². The van der Waals surface area contributed by atoms with Gasteiger partial charge in [-0.05, 0) is 29.5 Å². The van der Waals surface area contributed by atoms with Crippen LogP contribution < -0.4 is 0 Å². The lowest BCUT2D eigenvalue weighted by molar-refractivity contribution is -0.452. The summed E-state index contributed by atoms with van der Waals surface area (Å²) in [6, 6.07) is 6.97. The monoisotopic (exact) mass is 450 g/mol. The third kappa shape index (κ3) is 13.4. The third-order valence-electron chi connectivity index (χ3n) is 5.42. The van der Waals surface area contributed by atoms with Gasteiger partial charge in [-0.3, -0.25) is 4.89 Å². The average molecular weight is 451 g/mol. The van der Waals surface area contributed by atoms with Gasteiger partial charge in [0.15, 0.2) is 0 Å². The molecular formula is C26H42O6. The minimum atomic E-state index is -1.02. The lowest BCUT2D eigenvalue weighted by Crippen LogP contribution is -2.14. The largest absolute Gasteiger partial charge is 0.543 e. The Bertz CT molecular complexity index is 633. The van der Waals surface area contributed by atoms with E-state index in [9.17, 15) is 9.59 Å². The number of carbonyl (C=O) groups is 2. The van der Waals surface area contributed by atoms with Crippen LogP contribution in [0, 0.1) is 0 Å². The van der Waals surface area contributed by atoms with Crippen molar-refractivity contribution >= 4 is 12.1 Å². The normalized spacial score (nSPS) is 11.2. The lowest BCUT2D eigenvalue weighted by Gasteiger charge is -2.18. The Balaban J connectivity index is 1.98. The van der Waals surface area contributed by atoms with Gasteiger partial charge in [0.1, 0.15) is 0 Å². The van der Waals surface area contributed by atoms with Crippen molar-refractivity contribution in [2.24, 2.45) is 0 Å². The molecule has 1 aromatic carbocycles. The highest BCUT2D eigenvalue weighted by atomic mass is 17.5. The Morgan fingerprint density at radius 1 is 0.719 bits per heavy atom. The van der Waals surface area contributed by atoms with E-state index in [0.29, 0.717) is 5.56 Å². The van der Waals surface area contributed by atoms with Gasteiger partial charge < -0.3 is 4.74 Å². The van der Waals surface area contributed by atoms with Gasteiger partial charge in [0.2, 0.25) is 0 Å². The lowest BCUT2D eigenvalue weighted by atomic mass is 9.87. The first-order valence-corrected chi connectivity index (χ1v) is 12.2. The zero-order chi connectivity index (χ0) is 23.7. The van der Waals surface area contributed by atoms with Crippen LogP contribution in [0.25, 0.3) is 0 Å². The van der Waals surface area contributed by atoms with Gasteiger partial charge in [0, 0.05) is 0 Å². The molecule has 1 aromatic rings. The van der Waals surface area contributed by atoms with Gasteiger partial charge in [-0.25, -0.2) is 14.5 Å². The minimum absolute atomic E-state index is 0.0145. The van der Waals surface area contributed by atoms with Gasteiger partial charge >= 0.3 is 12.1 Å². The molecule has 6 nitrogen and oxygen atoms in total. The fourth-order valence-corrected chi connectivity index (χ4v) is 3.35. The zero-order valence-electron chi connectivity index (χ0n) is 20.5. The molecule has 0 fully saturated rings. The summed E-state index contributed by atoms with van der Waals surface area (Å²) in [5.74, 6) is -0.751. The maximum Gasteiger partial charge on any atom is 0.543 e. The molecule has 0 atom stereocenters. The number of hydrogen-bond donors (Lipinski definition) is 0. The summed E-state index contributed by atoms with van der Waals surface area (Å²) in [5, 5.41) is 4.25. The molecule has 182 valence electrons. The quantitative estimate of drug-likeness (QED) is 0.111. The molecule has 0 aliphatic rings. The van der Waals surface area contributed by atoms with E-state index in [1.54, 1.807) is 12.1 Å². The zero-order valence-corrected chi connectivity index (χ0v) is 20.5. The Labute approximate surface area is 193 Å². The number of ether oxygens (including phenoxy) is 1. The third-order valence-corrected chi connectivity index (χ3v) is 5.42. The Morgan fingerprint density at radius 3 is 1.72 bits per heavy atom. The minimum Gasteiger partial charge on any atom is -0.432 e. The molecule has 0 amide bonds. The van der Waals surface area contributed by atoms with Crippen molar-refractivity contribution in [2.75, 3.05) is 6.61 Å². The molecule has 1 rings (SSSR count). The number of rotatable bonds is 16. The van der Waals surface area contributed by atoms with Gasteiger partial charge in [-0.15, -0.1) is 0 Å². The summed E-state index contributed by atoms with van der Waals surface area (Å²) in [4.78, 5) is 32.1. The second kappa shape index (κ2) is 16.5. The first kappa shape index (κ1) is 28.0. The van der Waals surface area contributed by atoms with Crippen LogP contribution in [0.3, 0.4) is 0 Å². The first-order valence-electron chi connectivity index (χ1n) is 12.2. The Kier molecular flexibility index (Phi) is 14.4. The molecule has 0 unspecified atom stereocenters. The van der Waals surface area contributed by atoms with Crippen molar-refractivity contribution in [3.05, 3.63) is 35.4 Å². The molecule has 32 heavy (non-hydrogen) atoms. The van der Waals surface area contributed by atoms with Crippen LogP contribution >= 0.6 is 0 Å². The summed E-state index contributed by atoms with van der Waals surface area (Å²) in [6.45, 7) is 8.75. The molecule has 0 aromatic heterocycles. The van der Waals surface area contributed by atoms with E-state index in [2.05, 4.69) is 42.5 Å². The van der Waals surface area contributed by atoms with E-state index in [4.69, 9.17) is 4.74 Å². The number of benzene rings is 1. The SMILES string of the molecule is CCCCCCCCCCCCCCOC(=O)OOOC(=O)c1ccc(C(C)(C)C)cc1. The maximum atomic E-state index is 11.9. The van der Waals surface area contributed by atoms with Crippen molar-refractivity contribution < 1.29 is 29.1 Å². The van der Waals surface area contributed by atoms with Crippen molar-refractivity contribution in [2.45, 2.75) is 110 Å². The highest BCUT2D eigenvalue weighted by Crippen LogP contribution is 2.22. The molecule has 0 saturated carbocycles. The van der Waals surface area contributed by atoms with Crippen LogP contribution in [0.5, 0.6) is 0 Å². The molecular weight excluding hydrogens is 408 g/mol. The van der Waals surface area contributed by atoms with Crippen molar-refractivity contribution in [1.82, 2.24) is 0 Å². The van der Waals surface area contributed by atoms with E-state index >= 15 is 0 Å². The van der Waals surface area contributed by atoms with Gasteiger partial charge in [-0.1, -0.05) is 110 Å².